The number of hydrogen-bond acceptors (Lipinski definition) is 4. The summed E-state index contributed by atoms with van der Waals surface area (Å²) in [6.07, 6.45) is -0.155. The number of para-hydroxylation sites is 1. The molecule has 1 fully saturated rings. The van der Waals surface area contributed by atoms with E-state index in [0.717, 1.165) is 20.8 Å². The summed E-state index contributed by atoms with van der Waals surface area (Å²) in [7, 11) is 0. The SMILES string of the molecule is O=C(NCc1nc2ccccc2s1)C1C2Oc3ccc(F)cc3C21. The Kier molecular flexibility index (Phi) is 2.91. The number of benzene rings is 2. The highest BCUT2D eigenvalue weighted by Crippen LogP contribution is 2.58. The molecule has 1 aromatic heterocycles. The van der Waals surface area contributed by atoms with Crippen LogP contribution >= 0.6 is 11.3 Å². The molecule has 24 heavy (non-hydrogen) atoms. The van der Waals surface area contributed by atoms with Crippen molar-refractivity contribution in [2.24, 2.45) is 5.92 Å². The molecule has 1 amide bonds. The quantitative estimate of drug-likeness (QED) is 0.796. The lowest BCUT2D eigenvalue weighted by molar-refractivity contribution is -0.123. The van der Waals surface area contributed by atoms with Crippen LogP contribution in [0, 0.1) is 11.7 Å². The van der Waals surface area contributed by atoms with E-state index in [-0.39, 0.29) is 29.7 Å². The van der Waals surface area contributed by atoms with Gasteiger partial charge in [0.05, 0.1) is 22.7 Å². The molecule has 3 atom stereocenters. The largest absolute Gasteiger partial charge is 0.489 e. The molecule has 3 aromatic rings. The van der Waals surface area contributed by atoms with E-state index in [0.29, 0.717) is 12.3 Å². The molecule has 4 nitrogen and oxygen atoms in total. The van der Waals surface area contributed by atoms with Gasteiger partial charge in [0, 0.05) is 11.5 Å². The highest BCUT2D eigenvalue weighted by atomic mass is 32.1. The van der Waals surface area contributed by atoms with Crippen molar-refractivity contribution < 1.29 is 13.9 Å². The van der Waals surface area contributed by atoms with E-state index >= 15 is 0 Å². The first-order chi connectivity index (χ1) is 11.7. The Labute approximate surface area is 141 Å². The maximum atomic E-state index is 13.4. The number of nitrogens with zero attached hydrogens (tertiary/aromatic N) is 1. The van der Waals surface area contributed by atoms with Crippen LogP contribution in [0.3, 0.4) is 0 Å². The summed E-state index contributed by atoms with van der Waals surface area (Å²) in [6.45, 7) is 0.407. The zero-order chi connectivity index (χ0) is 16.3. The van der Waals surface area contributed by atoms with E-state index in [2.05, 4.69) is 10.3 Å². The smallest absolute Gasteiger partial charge is 0.228 e. The number of fused-ring (bicyclic) bond motifs is 4. The highest BCUT2D eigenvalue weighted by Gasteiger charge is 2.62. The van der Waals surface area contributed by atoms with E-state index in [4.69, 9.17) is 4.74 Å². The maximum Gasteiger partial charge on any atom is 0.228 e. The third kappa shape index (κ3) is 2.10. The van der Waals surface area contributed by atoms with Gasteiger partial charge in [-0.1, -0.05) is 12.1 Å². The number of carbonyl (C=O) groups excluding carboxylic acids is 1. The van der Waals surface area contributed by atoms with E-state index in [1.165, 1.54) is 12.1 Å². The van der Waals surface area contributed by atoms with Gasteiger partial charge in [-0.3, -0.25) is 4.79 Å². The Morgan fingerprint density at radius 2 is 2.17 bits per heavy atom. The van der Waals surface area contributed by atoms with E-state index < -0.39 is 0 Å². The van der Waals surface area contributed by atoms with Gasteiger partial charge in [0.25, 0.3) is 0 Å². The second-order valence-corrected chi connectivity index (χ2v) is 7.22. The Morgan fingerprint density at radius 3 is 3.04 bits per heavy atom. The van der Waals surface area contributed by atoms with Crippen molar-refractivity contribution in [1.82, 2.24) is 10.3 Å². The highest BCUT2D eigenvalue weighted by molar-refractivity contribution is 7.18. The van der Waals surface area contributed by atoms with Crippen LogP contribution in [0.2, 0.25) is 0 Å². The summed E-state index contributed by atoms with van der Waals surface area (Å²) >= 11 is 1.58. The molecule has 0 saturated heterocycles. The van der Waals surface area contributed by atoms with Crippen LogP contribution in [-0.4, -0.2) is 17.0 Å². The Balaban J connectivity index is 1.28. The molecule has 6 heteroatoms. The molecular formula is C18H13FN2O2S. The number of carbonyl (C=O) groups is 1. The molecule has 120 valence electrons. The van der Waals surface area contributed by atoms with Crippen molar-refractivity contribution in [3.63, 3.8) is 0 Å². The molecule has 2 aliphatic rings. The van der Waals surface area contributed by atoms with Crippen molar-refractivity contribution in [3.05, 3.63) is 58.9 Å². The van der Waals surface area contributed by atoms with E-state index in [9.17, 15) is 9.18 Å². The fraction of sp³-hybridized carbons (Fsp3) is 0.222. The van der Waals surface area contributed by atoms with E-state index in [1.807, 2.05) is 24.3 Å². The standard InChI is InChI=1S/C18H13FN2O2S/c19-9-5-6-12-10(7-9)15-16(17(15)23-12)18(22)20-8-14-21-11-3-1-2-4-13(11)24-14/h1-7,15-17H,8H2,(H,20,22). The van der Waals surface area contributed by atoms with Gasteiger partial charge in [-0.15, -0.1) is 11.3 Å². The first-order valence-corrected chi connectivity index (χ1v) is 8.60. The van der Waals surface area contributed by atoms with Gasteiger partial charge in [0.15, 0.2) is 0 Å². The van der Waals surface area contributed by atoms with Crippen molar-refractivity contribution in [2.45, 2.75) is 18.6 Å². The molecule has 0 bridgehead atoms. The van der Waals surface area contributed by atoms with Crippen LogP contribution in [0.1, 0.15) is 16.5 Å². The minimum atomic E-state index is -0.293. The summed E-state index contributed by atoms with van der Waals surface area (Å²) in [6, 6.07) is 12.4. The lowest BCUT2D eigenvalue weighted by Gasteiger charge is -2.08. The van der Waals surface area contributed by atoms with Crippen LogP contribution in [-0.2, 0) is 11.3 Å². The molecule has 0 spiro atoms. The van der Waals surface area contributed by atoms with E-state index in [1.54, 1.807) is 17.4 Å². The molecule has 1 aliphatic carbocycles. The molecular weight excluding hydrogens is 327 g/mol. The number of rotatable bonds is 3. The lowest BCUT2D eigenvalue weighted by Crippen LogP contribution is -2.27. The average Bonchev–Trinajstić information content (AvgIpc) is 2.96. The predicted molar refractivity (Wildman–Crippen MR) is 88.5 cm³/mol. The number of amides is 1. The second-order valence-electron chi connectivity index (χ2n) is 6.11. The van der Waals surface area contributed by atoms with Gasteiger partial charge in [-0.05, 0) is 30.3 Å². The number of halogens is 1. The number of nitrogens with one attached hydrogen (secondary N) is 1. The van der Waals surface area contributed by atoms with Gasteiger partial charge in [-0.25, -0.2) is 9.37 Å². The van der Waals surface area contributed by atoms with Crippen molar-refractivity contribution in [1.29, 1.82) is 0 Å². The molecule has 1 aliphatic heterocycles. The third-order valence-corrected chi connectivity index (χ3v) is 5.64. The molecule has 2 heterocycles. The first-order valence-electron chi connectivity index (χ1n) is 7.79. The fourth-order valence-corrected chi connectivity index (χ4v) is 4.33. The monoisotopic (exact) mass is 340 g/mol. The summed E-state index contributed by atoms with van der Waals surface area (Å²) in [5.74, 6) is 0.0964. The van der Waals surface area contributed by atoms with Crippen LogP contribution < -0.4 is 10.1 Å². The number of aromatic nitrogens is 1. The lowest BCUT2D eigenvalue weighted by atomic mass is 10.1. The molecule has 5 rings (SSSR count). The maximum absolute atomic E-state index is 13.4. The molecule has 1 N–H and O–H groups in total. The number of thiazole rings is 1. The summed E-state index contributed by atoms with van der Waals surface area (Å²) in [5, 5.41) is 3.81. The number of hydrogen-bond donors (Lipinski definition) is 1. The molecule has 2 aromatic carbocycles. The van der Waals surface area contributed by atoms with Gasteiger partial charge >= 0.3 is 0 Å². The normalized spacial score (nSPS) is 23.5. The fourth-order valence-electron chi connectivity index (χ4n) is 3.42. The Hall–Kier alpha value is -2.47. The number of ether oxygens (including phenoxy) is 1. The summed E-state index contributed by atoms with van der Waals surface area (Å²) in [4.78, 5) is 16.9. The molecule has 3 unspecified atom stereocenters. The van der Waals surface area contributed by atoms with Crippen LogP contribution in [0.4, 0.5) is 4.39 Å². The molecule has 0 radical (unpaired) electrons. The topological polar surface area (TPSA) is 51.2 Å². The Morgan fingerprint density at radius 1 is 1.29 bits per heavy atom. The van der Waals surface area contributed by atoms with Gasteiger partial charge < -0.3 is 10.1 Å². The first kappa shape index (κ1) is 13.9. The van der Waals surface area contributed by atoms with Gasteiger partial charge in [0.2, 0.25) is 5.91 Å². The summed E-state index contributed by atoms with van der Waals surface area (Å²) in [5.41, 5.74) is 1.75. The minimum absolute atomic E-state index is 0.0222. The van der Waals surface area contributed by atoms with Crippen molar-refractivity contribution in [3.8, 4) is 5.75 Å². The van der Waals surface area contributed by atoms with Crippen LogP contribution in [0.15, 0.2) is 42.5 Å². The Bertz CT molecular complexity index is 938. The summed E-state index contributed by atoms with van der Waals surface area (Å²) < 4.78 is 20.2. The van der Waals surface area contributed by atoms with Crippen LogP contribution in [0.25, 0.3) is 10.2 Å². The zero-order valence-electron chi connectivity index (χ0n) is 12.5. The second kappa shape index (κ2) is 5.01. The van der Waals surface area contributed by atoms with Crippen LogP contribution in [0.5, 0.6) is 5.75 Å². The molecule has 1 saturated carbocycles. The van der Waals surface area contributed by atoms with Crippen molar-refractivity contribution in [2.75, 3.05) is 0 Å². The van der Waals surface area contributed by atoms with Crippen molar-refractivity contribution >= 4 is 27.5 Å². The third-order valence-electron chi connectivity index (χ3n) is 4.60. The average molecular weight is 340 g/mol. The minimum Gasteiger partial charge on any atom is -0.489 e. The van der Waals surface area contributed by atoms with Gasteiger partial charge in [0.1, 0.15) is 22.7 Å². The predicted octanol–water partition coefficient (Wildman–Crippen LogP) is 3.23. The zero-order valence-corrected chi connectivity index (χ0v) is 13.3. The van der Waals surface area contributed by atoms with Gasteiger partial charge in [-0.2, -0.15) is 0 Å².